The van der Waals surface area contributed by atoms with Gasteiger partial charge in [0.25, 0.3) is 5.91 Å². The first kappa shape index (κ1) is 12.0. The predicted octanol–water partition coefficient (Wildman–Crippen LogP) is 1.06. The number of amides is 2. The van der Waals surface area contributed by atoms with Crippen LogP contribution in [0.2, 0.25) is 0 Å². The molecule has 1 aromatic rings. The molecule has 2 unspecified atom stereocenters. The summed E-state index contributed by atoms with van der Waals surface area (Å²) in [4.78, 5) is 26.1. The Morgan fingerprint density at radius 3 is 2.84 bits per heavy atom. The number of nitrogens with two attached hydrogens (primary N) is 1. The Morgan fingerprint density at radius 1 is 1.37 bits per heavy atom. The summed E-state index contributed by atoms with van der Waals surface area (Å²) < 4.78 is 0. The van der Waals surface area contributed by atoms with E-state index in [0.29, 0.717) is 17.8 Å². The lowest BCUT2D eigenvalue weighted by Gasteiger charge is -2.33. The van der Waals surface area contributed by atoms with Gasteiger partial charge in [-0.05, 0) is 31.9 Å². The summed E-state index contributed by atoms with van der Waals surface area (Å²) in [6.45, 7) is 2.63. The highest BCUT2D eigenvalue weighted by atomic mass is 16.2. The molecule has 0 aliphatic carbocycles. The van der Waals surface area contributed by atoms with Gasteiger partial charge in [-0.2, -0.15) is 0 Å². The van der Waals surface area contributed by atoms with Gasteiger partial charge >= 0.3 is 0 Å². The molecule has 3 N–H and O–H groups in total. The molecular weight excluding hydrogens is 242 g/mol. The third-order valence-electron chi connectivity index (χ3n) is 4.03. The topological polar surface area (TPSA) is 75.4 Å². The quantitative estimate of drug-likeness (QED) is 0.741. The second-order valence-electron chi connectivity index (χ2n) is 5.15. The minimum atomic E-state index is -0.372. The number of rotatable bonds is 1. The van der Waals surface area contributed by atoms with E-state index in [4.69, 9.17) is 5.73 Å². The summed E-state index contributed by atoms with van der Waals surface area (Å²) in [5.41, 5.74) is 8.08. The van der Waals surface area contributed by atoms with Gasteiger partial charge in [0.15, 0.2) is 0 Å². The van der Waals surface area contributed by atoms with Gasteiger partial charge in [0.2, 0.25) is 5.91 Å². The number of benzene rings is 1. The molecule has 2 amide bonds. The first-order chi connectivity index (χ1) is 9.11. The van der Waals surface area contributed by atoms with Crippen molar-refractivity contribution >= 4 is 17.5 Å². The molecule has 1 saturated heterocycles. The van der Waals surface area contributed by atoms with Gasteiger partial charge in [-0.1, -0.05) is 6.07 Å². The van der Waals surface area contributed by atoms with Crippen molar-refractivity contribution in [2.75, 3.05) is 12.3 Å². The Hall–Kier alpha value is -2.04. The highest BCUT2D eigenvalue weighted by Crippen LogP contribution is 2.39. The Labute approximate surface area is 111 Å². The molecule has 1 fully saturated rings. The Bertz CT molecular complexity index is 556. The monoisotopic (exact) mass is 259 g/mol. The normalized spacial score (nSPS) is 26.3. The smallest absolute Gasteiger partial charge is 0.255 e. The number of nitrogens with zero attached hydrogens (tertiary/aromatic N) is 1. The number of hydrogen-bond donors (Lipinski definition) is 2. The van der Waals surface area contributed by atoms with E-state index in [0.717, 1.165) is 18.4 Å². The fraction of sp³-hybridized carbons (Fsp3) is 0.429. The van der Waals surface area contributed by atoms with Crippen LogP contribution in [0.5, 0.6) is 0 Å². The molecule has 100 valence electrons. The molecule has 3 rings (SSSR count). The van der Waals surface area contributed by atoms with E-state index in [9.17, 15) is 9.59 Å². The molecule has 2 atom stereocenters. The molecule has 5 nitrogen and oxygen atoms in total. The van der Waals surface area contributed by atoms with E-state index >= 15 is 0 Å². The maximum Gasteiger partial charge on any atom is 0.255 e. The zero-order valence-electron chi connectivity index (χ0n) is 10.8. The maximum absolute atomic E-state index is 12.5. The van der Waals surface area contributed by atoms with E-state index in [1.165, 1.54) is 0 Å². The van der Waals surface area contributed by atoms with Crippen molar-refractivity contribution < 1.29 is 9.59 Å². The Balaban J connectivity index is 2.00. The molecule has 0 bridgehead atoms. The van der Waals surface area contributed by atoms with Crippen LogP contribution in [0, 0.1) is 0 Å². The van der Waals surface area contributed by atoms with Crippen LogP contribution in [0.1, 0.15) is 41.7 Å². The Morgan fingerprint density at radius 2 is 2.16 bits per heavy atom. The lowest BCUT2D eigenvalue weighted by Crippen LogP contribution is -2.51. The van der Waals surface area contributed by atoms with Crippen LogP contribution < -0.4 is 11.1 Å². The lowest BCUT2D eigenvalue weighted by molar-refractivity contribution is -0.127. The van der Waals surface area contributed by atoms with E-state index in [1.54, 1.807) is 23.1 Å². The second-order valence-corrected chi connectivity index (χ2v) is 5.15. The number of carbonyl (C=O) groups excluding carboxylic acids is 2. The number of hydrogen-bond acceptors (Lipinski definition) is 3. The molecule has 2 heterocycles. The van der Waals surface area contributed by atoms with Gasteiger partial charge in [0.05, 0.1) is 6.04 Å². The van der Waals surface area contributed by atoms with Crippen LogP contribution >= 0.6 is 0 Å². The second kappa shape index (κ2) is 4.26. The van der Waals surface area contributed by atoms with Crippen molar-refractivity contribution in [3.8, 4) is 0 Å². The highest BCUT2D eigenvalue weighted by Gasteiger charge is 2.42. The number of carbonyl (C=O) groups is 2. The van der Waals surface area contributed by atoms with E-state index in [-0.39, 0.29) is 23.9 Å². The minimum Gasteiger partial charge on any atom is -0.398 e. The Kier molecular flexibility index (Phi) is 2.69. The number of nitrogen functional groups attached to an aromatic ring is 1. The molecule has 2 aliphatic heterocycles. The zero-order valence-corrected chi connectivity index (χ0v) is 10.8. The maximum atomic E-state index is 12.5. The minimum absolute atomic E-state index is 0.0576. The average molecular weight is 259 g/mol. The number of fused-ring (bicyclic) bond motifs is 1. The van der Waals surface area contributed by atoms with E-state index < -0.39 is 0 Å². The third-order valence-corrected chi connectivity index (χ3v) is 4.03. The van der Waals surface area contributed by atoms with Crippen LogP contribution in [0.15, 0.2) is 18.2 Å². The summed E-state index contributed by atoms with van der Waals surface area (Å²) in [7, 11) is 0. The van der Waals surface area contributed by atoms with Gasteiger partial charge in [0.1, 0.15) is 6.04 Å². The molecule has 0 radical (unpaired) electrons. The molecule has 0 aromatic heterocycles. The first-order valence-electron chi connectivity index (χ1n) is 6.60. The lowest BCUT2D eigenvalue weighted by atomic mass is 10.0. The van der Waals surface area contributed by atoms with Crippen molar-refractivity contribution in [2.24, 2.45) is 0 Å². The van der Waals surface area contributed by atoms with Crippen molar-refractivity contribution in [3.05, 3.63) is 29.3 Å². The summed E-state index contributed by atoms with van der Waals surface area (Å²) >= 11 is 0. The van der Waals surface area contributed by atoms with Gasteiger partial charge < -0.3 is 16.0 Å². The van der Waals surface area contributed by atoms with Gasteiger partial charge in [-0.3, -0.25) is 9.59 Å². The summed E-state index contributed by atoms with van der Waals surface area (Å²) in [5.74, 6) is -0.144. The molecule has 19 heavy (non-hydrogen) atoms. The predicted molar refractivity (Wildman–Crippen MR) is 71.5 cm³/mol. The molecular formula is C14H17N3O2. The van der Waals surface area contributed by atoms with Crippen molar-refractivity contribution in [1.29, 1.82) is 0 Å². The molecule has 2 aliphatic rings. The summed E-state index contributed by atoms with van der Waals surface area (Å²) in [6.07, 6.45) is 1.62. The average Bonchev–Trinajstić information content (AvgIpc) is 2.64. The third kappa shape index (κ3) is 1.69. The number of piperidine rings is 1. The largest absolute Gasteiger partial charge is 0.398 e. The molecule has 5 heteroatoms. The molecule has 1 aromatic carbocycles. The van der Waals surface area contributed by atoms with Crippen LogP contribution in [0.3, 0.4) is 0 Å². The van der Waals surface area contributed by atoms with Crippen LogP contribution in [-0.4, -0.2) is 29.3 Å². The van der Waals surface area contributed by atoms with Gasteiger partial charge in [0, 0.05) is 23.4 Å². The van der Waals surface area contributed by atoms with Crippen molar-refractivity contribution in [2.45, 2.75) is 31.8 Å². The van der Waals surface area contributed by atoms with Crippen molar-refractivity contribution in [3.63, 3.8) is 0 Å². The van der Waals surface area contributed by atoms with E-state index in [2.05, 4.69) is 5.32 Å². The SMILES string of the molecule is CC1c2c(N)cccc2C(=O)N1C1CCCNC1=O. The van der Waals surface area contributed by atoms with Crippen LogP contribution in [0.4, 0.5) is 5.69 Å². The fourth-order valence-corrected chi connectivity index (χ4v) is 3.12. The van der Waals surface area contributed by atoms with Gasteiger partial charge in [-0.25, -0.2) is 0 Å². The van der Waals surface area contributed by atoms with E-state index in [1.807, 2.05) is 6.92 Å². The van der Waals surface area contributed by atoms with Crippen LogP contribution in [-0.2, 0) is 4.79 Å². The first-order valence-corrected chi connectivity index (χ1v) is 6.60. The molecule has 0 spiro atoms. The summed E-state index contributed by atoms with van der Waals surface area (Å²) in [6, 6.07) is 4.85. The standard InChI is InChI=1S/C14H17N3O2/c1-8-12-9(4-2-5-10(12)15)14(19)17(8)11-6-3-7-16-13(11)18/h2,4-5,8,11H,3,6-7,15H2,1H3,(H,16,18). The molecule has 0 saturated carbocycles. The highest BCUT2D eigenvalue weighted by molar-refractivity contribution is 6.03. The van der Waals surface area contributed by atoms with Crippen LogP contribution in [0.25, 0.3) is 0 Å². The fourth-order valence-electron chi connectivity index (χ4n) is 3.12. The van der Waals surface area contributed by atoms with Crippen molar-refractivity contribution in [1.82, 2.24) is 10.2 Å². The zero-order chi connectivity index (χ0) is 13.6. The summed E-state index contributed by atoms with van der Waals surface area (Å²) in [5, 5.41) is 2.83. The number of anilines is 1. The number of nitrogens with one attached hydrogen (secondary N) is 1. The van der Waals surface area contributed by atoms with Gasteiger partial charge in [-0.15, -0.1) is 0 Å².